The Kier molecular flexibility index (Phi) is 16.1. The molecule has 2 aliphatic heterocycles. The number of para-hydroxylation sites is 2. The number of ketones is 2. The molecule has 0 spiro atoms. The number of carbonyl (C=O) groups is 3. The van der Waals surface area contributed by atoms with Gasteiger partial charge in [0.1, 0.15) is 17.7 Å². The van der Waals surface area contributed by atoms with Crippen LogP contribution in [0, 0.1) is 13.1 Å². The van der Waals surface area contributed by atoms with E-state index in [9.17, 15) is 31.2 Å². The topological polar surface area (TPSA) is 182 Å². The van der Waals surface area contributed by atoms with Gasteiger partial charge in [0.15, 0.2) is 11.6 Å². The fourth-order valence-electron chi connectivity index (χ4n) is 8.70. The number of hydrogen-bond donors (Lipinski definition) is 2. The van der Waals surface area contributed by atoms with Crippen LogP contribution < -0.4 is 11.1 Å². The maximum absolute atomic E-state index is 13.7. The molecule has 0 aromatic heterocycles. The van der Waals surface area contributed by atoms with E-state index in [2.05, 4.69) is 28.2 Å². The second-order valence-electron chi connectivity index (χ2n) is 18.4. The van der Waals surface area contributed by atoms with Crippen molar-refractivity contribution < 1.29 is 36.0 Å². The lowest BCUT2D eigenvalue weighted by molar-refractivity contribution is 0.0635. The predicted molar refractivity (Wildman–Crippen MR) is 283 cm³/mol. The second kappa shape index (κ2) is 22.2. The fourth-order valence-corrected chi connectivity index (χ4v) is 11.9. The molecule has 2 atom stereocenters. The number of carbonyl (C=O) groups excluding carboxylic acids is 3. The number of nitrogen functional groups attached to an aromatic ring is 1. The molecule has 0 bridgehead atoms. The molecule has 0 fully saturated rings. The number of benzene rings is 6. The van der Waals surface area contributed by atoms with Gasteiger partial charge in [-0.2, -0.15) is 8.61 Å². The highest BCUT2D eigenvalue weighted by Crippen LogP contribution is 2.40. The molecular weight excluding hydrogens is 961 g/mol. The Morgan fingerprint density at radius 1 is 0.616 bits per heavy atom. The average Bonchev–Trinajstić information content (AvgIpc) is 3.36. The molecule has 6 aromatic rings. The molecule has 0 saturated carbocycles. The number of nitrogens with two attached hydrogens (primary N) is 1. The van der Waals surface area contributed by atoms with E-state index in [1.165, 1.54) is 57.1 Å². The number of amides is 1. The van der Waals surface area contributed by atoms with Crippen LogP contribution in [0.5, 0.6) is 0 Å². The first-order valence-electron chi connectivity index (χ1n) is 23.2. The zero-order valence-corrected chi connectivity index (χ0v) is 42.2. The number of sulfonamides is 2. The van der Waals surface area contributed by atoms with Gasteiger partial charge in [0.25, 0.3) is 0 Å². The van der Waals surface area contributed by atoms with E-state index in [-0.39, 0.29) is 60.4 Å². The summed E-state index contributed by atoms with van der Waals surface area (Å²) in [5, 5.41) is 2.69. The molecule has 372 valence electrons. The van der Waals surface area contributed by atoms with E-state index in [1.54, 1.807) is 63.2 Å². The lowest BCUT2D eigenvalue weighted by atomic mass is 9.91. The van der Waals surface area contributed by atoms with Crippen molar-refractivity contribution in [3.63, 3.8) is 0 Å². The summed E-state index contributed by atoms with van der Waals surface area (Å²) in [7, 11) is -7.91. The second-order valence-corrected chi connectivity index (χ2v) is 22.2. The van der Waals surface area contributed by atoms with E-state index in [0.717, 1.165) is 27.8 Å². The van der Waals surface area contributed by atoms with Gasteiger partial charge >= 0.3 is 6.09 Å². The number of hydrogen-bond acceptors (Lipinski definition) is 9. The minimum absolute atomic E-state index is 0.00607. The number of rotatable bonds is 13. The molecule has 3 N–H and O–H groups in total. The van der Waals surface area contributed by atoms with Crippen LogP contribution >= 0.6 is 0 Å². The zero-order valence-electron chi connectivity index (χ0n) is 40.6. The van der Waals surface area contributed by atoms with Crippen molar-refractivity contribution in [1.82, 2.24) is 8.61 Å². The van der Waals surface area contributed by atoms with E-state index in [4.69, 9.17) is 23.6 Å². The summed E-state index contributed by atoms with van der Waals surface area (Å²) in [6.07, 6.45) is -0.496. The van der Waals surface area contributed by atoms with E-state index < -0.39 is 43.8 Å². The van der Waals surface area contributed by atoms with Gasteiger partial charge in [-0.25, -0.2) is 34.8 Å². The van der Waals surface area contributed by atoms with Crippen molar-refractivity contribution >= 4 is 60.2 Å². The largest absolute Gasteiger partial charge is 0.444 e. The van der Waals surface area contributed by atoms with Crippen molar-refractivity contribution in [2.24, 2.45) is 0 Å². The van der Waals surface area contributed by atoms with Crippen molar-refractivity contribution in [3.05, 3.63) is 226 Å². The Hall–Kier alpha value is -7.99. The molecule has 2 unspecified atom stereocenters. The van der Waals surface area contributed by atoms with Gasteiger partial charge in [-0.1, -0.05) is 122 Å². The van der Waals surface area contributed by atoms with Gasteiger partial charge < -0.3 is 20.2 Å². The minimum atomic E-state index is -3.99. The van der Waals surface area contributed by atoms with Crippen molar-refractivity contribution in [1.29, 1.82) is 0 Å². The molecule has 1 amide bonds. The standard InChI is InChI=1S/C31H31N3O5S.C26H23N3O3S/c1-21-20-34(28(19-32-5)26-12-8-7-11-25(21)26)40(37,38)24-16-14-22(15-17-24)29(35)18-23-10-6-9-13-27(23)33-30(36)39-31(2,3)4;1-18-17-29(25(16-28-2)23-9-5-4-8-22(18)23)33(31,32)21-13-11-19(12-14-21)26(30)15-20-7-3-6-10-24(20)27/h6-17,28H,1,18-20H2,2-4H3,(H,33,36);3-14,25H,1,15-17,27H2. The highest BCUT2D eigenvalue weighted by atomic mass is 32.2. The summed E-state index contributed by atoms with van der Waals surface area (Å²) in [6, 6.07) is 39.4. The van der Waals surface area contributed by atoms with Crippen LogP contribution in [0.4, 0.5) is 16.2 Å². The van der Waals surface area contributed by atoms with Gasteiger partial charge in [-0.05, 0) is 102 Å². The third-order valence-corrected chi connectivity index (χ3v) is 16.0. The third-order valence-electron chi connectivity index (χ3n) is 12.3. The van der Waals surface area contributed by atoms with Crippen LogP contribution in [-0.2, 0) is 37.6 Å². The molecule has 2 heterocycles. The third kappa shape index (κ3) is 12.0. The van der Waals surface area contributed by atoms with Crippen LogP contribution in [0.15, 0.2) is 169 Å². The van der Waals surface area contributed by atoms with Crippen molar-refractivity contribution in [2.45, 2.75) is 61.1 Å². The number of anilines is 2. The molecule has 0 saturated heterocycles. The Morgan fingerprint density at radius 2 is 1.01 bits per heavy atom. The summed E-state index contributed by atoms with van der Waals surface area (Å²) < 4.78 is 62.4. The lowest BCUT2D eigenvalue weighted by Crippen LogP contribution is -2.40. The maximum atomic E-state index is 13.7. The summed E-state index contributed by atoms with van der Waals surface area (Å²) in [6.45, 7) is 28.3. The first kappa shape index (κ1) is 52.8. The number of Topliss-reactive ketones (excluding diaryl/α,β-unsaturated/α-hetero) is 2. The zero-order chi connectivity index (χ0) is 52.7. The Labute approximate surface area is 427 Å². The number of nitrogens with zero attached hydrogens (tertiary/aromatic N) is 4. The summed E-state index contributed by atoms with van der Waals surface area (Å²) in [4.78, 5) is 45.1. The first-order chi connectivity index (χ1) is 34.7. The van der Waals surface area contributed by atoms with Gasteiger partial charge in [-0.15, -0.1) is 0 Å². The smallest absolute Gasteiger partial charge is 0.412 e. The number of fused-ring (bicyclic) bond motifs is 2. The maximum Gasteiger partial charge on any atom is 0.412 e. The predicted octanol–water partition coefficient (Wildman–Crippen LogP) is 10.5. The Morgan fingerprint density at radius 3 is 1.45 bits per heavy atom. The molecule has 6 aromatic carbocycles. The van der Waals surface area contributed by atoms with Gasteiger partial charge in [0.05, 0.1) is 9.79 Å². The molecule has 0 aliphatic carbocycles. The molecule has 73 heavy (non-hydrogen) atoms. The molecule has 14 nitrogen and oxygen atoms in total. The molecular formula is C57H54N6O8S2. The summed E-state index contributed by atoms with van der Waals surface area (Å²) in [5.74, 6) is -0.392. The molecule has 16 heteroatoms. The first-order valence-corrected chi connectivity index (χ1v) is 26.0. The van der Waals surface area contributed by atoms with Gasteiger partial charge in [-0.3, -0.25) is 14.9 Å². The van der Waals surface area contributed by atoms with Crippen molar-refractivity contribution in [2.75, 3.05) is 37.2 Å². The van der Waals surface area contributed by atoms with Crippen molar-refractivity contribution in [3.8, 4) is 0 Å². The highest BCUT2D eigenvalue weighted by Gasteiger charge is 2.41. The number of nitrogens with one attached hydrogen (secondary N) is 1. The SMILES string of the molecule is [C-]#[N+]CC1c2ccccc2C(=C)CN1S(=O)(=O)c1ccc(C(=O)Cc2ccccc2N)cc1.[C-]#[N+]CC1c2ccccc2C(=C)CN1S(=O)(=O)c1ccc(C(=O)Cc2ccccc2NC(=O)OC(C)(C)C)cc1. The van der Waals surface area contributed by atoms with Crippen LogP contribution in [-0.4, -0.2) is 74.9 Å². The summed E-state index contributed by atoms with van der Waals surface area (Å²) >= 11 is 0. The highest BCUT2D eigenvalue weighted by molar-refractivity contribution is 7.89. The van der Waals surface area contributed by atoms with Crippen LogP contribution in [0.2, 0.25) is 0 Å². The number of ether oxygens (including phenoxy) is 1. The monoisotopic (exact) mass is 1010 g/mol. The molecule has 8 rings (SSSR count). The summed E-state index contributed by atoms with van der Waals surface area (Å²) in [5.41, 5.74) is 13.0. The van der Waals surface area contributed by atoms with Gasteiger partial charge in [0.2, 0.25) is 33.1 Å². The lowest BCUT2D eigenvalue weighted by Gasteiger charge is -2.34. The van der Waals surface area contributed by atoms with Crippen LogP contribution in [0.3, 0.4) is 0 Å². The van der Waals surface area contributed by atoms with Crippen LogP contribution in [0.1, 0.15) is 87.0 Å². The normalized spacial score (nSPS) is 15.8. The van der Waals surface area contributed by atoms with Gasteiger partial charge in [0, 0.05) is 48.4 Å². The molecule has 0 radical (unpaired) electrons. The molecule has 2 aliphatic rings. The van der Waals surface area contributed by atoms with E-state index in [1.807, 2.05) is 54.6 Å². The Balaban J connectivity index is 0.000000218. The Bertz CT molecular complexity index is 3430. The quantitative estimate of drug-likeness (QED) is 0.0646. The van der Waals surface area contributed by atoms with E-state index in [0.29, 0.717) is 39.2 Å². The van der Waals surface area contributed by atoms with Crippen LogP contribution in [0.25, 0.3) is 20.8 Å². The minimum Gasteiger partial charge on any atom is -0.444 e. The average molecular weight is 1020 g/mol. The van der Waals surface area contributed by atoms with E-state index >= 15 is 0 Å². The fraction of sp³-hybridized carbons (Fsp3) is 0.211.